The first-order valence-electron chi connectivity index (χ1n) is 7.69. The third kappa shape index (κ3) is 6.61. The molecule has 0 spiro atoms. The molecule has 0 saturated heterocycles. The predicted molar refractivity (Wildman–Crippen MR) is 79.2 cm³/mol. The number of nitriles is 1. The zero-order chi connectivity index (χ0) is 16.3. The fourth-order valence-electron chi connectivity index (χ4n) is 2.34. The van der Waals surface area contributed by atoms with E-state index in [1.54, 1.807) is 13.8 Å². The highest BCUT2D eigenvalue weighted by atomic mass is 16.5. The zero-order valence-corrected chi connectivity index (χ0v) is 13.6. The number of nitrogens with zero attached hydrogens (tertiary/aromatic N) is 1. The Labute approximate surface area is 127 Å². The maximum atomic E-state index is 12.2. The molecule has 2 atom stereocenters. The molecule has 5 nitrogen and oxygen atoms in total. The molecule has 0 aliphatic carbocycles. The van der Waals surface area contributed by atoms with Gasteiger partial charge in [-0.3, -0.25) is 9.59 Å². The first kappa shape index (κ1) is 19.4. The number of ether oxygens (including phenoxy) is 2. The van der Waals surface area contributed by atoms with Crippen LogP contribution in [0.15, 0.2) is 0 Å². The normalized spacial score (nSPS) is 14.6. The first-order valence-corrected chi connectivity index (χ1v) is 7.69. The van der Waals surface area contributed by atoms with E-state index in [0.29, 0.717) is 6.42 Å². The summed E-state index contributed by atoms with van der Waals surface area (Å²) >= 11 is 0. The Kier molecular flexibility index (Phi) is 9.44. The van der Waals surface area contributed by atoms with Crippen molar-refractivity contribution >= 4 is 11.9 Å². The van der Waals surface area contributed by atoms with Crippen molar-refractivity contribution in [2.24, 2.45) is 11.3 Å². The Balaban J connectivity index is 5.08. The van der Waals surface area contributed by atoms with E-state index in [2.05, 4.69) is 6.92 Å². The summed E-state index contributed by atoms with van der Waals surface area (Å²) in [5.74, 6) is -0.984. The Morgan fingerprint density at radius 3 is 2.29 bits per heavy atom. The van der Waals surface area contributed by atoms with Gasteiger partial charge in [0.15, 0.2) is 5.41 Å². The van der Waals surface area contributed by atoms with Crippen molar-refractivity contribution in [1.82, 2.24) is 0 Å². The SMILES string of the molecule is CCCC[C@@H](C)CC(C#N)(CC(=O)OCC)C(=O)OCC. The minimum atomic E-state index is -1.44. The molecule has 0 fully saturated rings. The van der Waals surface area contributed by atoms with Crippen molar-refractivity contribution in [1.29, 1.82) is 5.26 Å². The second-order valence-electron chi connectivity index (χ2n) is 5.35. The fourth-order valence-corrected chi connectivity index (χ4v) is 2.34. The molecule has 5 heteroatoms. The molecule has 0 amide bonds. The summed E-state index contributed by atoms with van der Waals surface area (Å²) in [4.78, 5) is 23.9. The second kappa shape index (κ2) is 10.2. The maximum Gasteiger partial charge on any atom is 0.327 e. The van der Waals surface area contributed by atoms with E-state index in [4.69, 9.17) is 9.47 Å². The molecule has 0 aromatic carbocycles. The van der Waals surface area contributed by atoms with E-state index >= 15 is 0 Å². The van der Waals surface area contributed by atoms with Crippen LogP contribution in [0.3, 0.4) is 0 Å². The number of hydrogen-bond donors (Lipinski definition) is 0. The summed E-state index contributed by atoms with van der Waals surface area (Å²) in [6.07, 6.45) is 3.09. The van der Waals surface area contributed by atoms with Crippen LogP contribution in [0, 0.1) is 22.7 Å². The topological polar surface area (TPSA) is 76.4 Å². The predicted octanol–water partition coefficient (Wildman–Crippen LogP) is 3.23. The summed E-state index contributed by atoms with van der Waals surface area (Å²) in [5.41, 5.74) is -1.44. The molecule has 0 radical (unpaired) electrons. The smallest absolute Gasteiger partial charge is 0.327 e. The molecule has 0 aromatic rings. The average Bonchev–Trinajstić information content (AvgIpc) is 2.44. The lowest BCUT2D eigenvalue weighted by atomic mass is 9.77. The van der Waals surface area contributed by atoms with E-state index in [0.717, 1.165) is 19.3 Å². The Morgan fingerprint density at radius 1 is 1.19 bits per heavy atom. The van der Waals surface area contributed by atoms with Crippen LogP contribution in [0.1, 0.15) is 59.8 Å². The highest BCUT2D eigenvalue weighted by Crippen LogP contribution is 2.34. The van der Waals surface area contributed by atoms with Crippen LogP contribution in [0.4, 0.5) is 0 Å². The van der Waals surface area contributed by atoms with Crippen molar-refractivity contribution < 1.29 is 19.1 Å². The lowest BCUT2D eigenvalue weighted by Crippen LogP contribution is -2.36. The molecular formula is C16H27NO4. The van der Waals surface area contributed by atoms with Gasteiger partial charge in [0.05, 0.1) is 25.7 Å². The number of rotatable bonds is 10. The number of hydrogen-bond acceptors (Lipinski definition) is 5. The molecule has 0 N–H and O–H groups in total. The van der Waals surface area contributed by atoms with Gasteiger partial charge >= 0.3 is 11.9 Å². The molecular weight excluding hydrogens is 270 g/mol. The summed E-state index contributed by atoms with van der Waals surface area (Å²) in [7, 11) is 0. The van der Waals surface area contributed by atoms with Crippen molar-refractivity contribution in [3.63, 3.8) is 0 Å². The van der Waals surface area contributed by atoms with Gasteiger partial charge in [-0.05, 0) is 26.2 Å². The van der Waals surface area contributed by atoms with Gasteiger partial charge in [-0.15, -0.1) is 0 Å². The molecule has 21 heavy (non-hydrogen) atoms. The lowest BCUT2D eigenvalue weighted by molar-refractivity contribution is -0.159. The van der Waals surface area contributed by atoms with Crippen molar-refractivity contribution in [3.8, 4) is 6.07 Å². The molecule has 0 saturated carbocycles. The third-order valence-corrected chi connectivity index (χ3v) is 3.38. The lowest BCUT2D eigenvalue weighted by Gasteiger charge is -2.26. The first-order chi connectivity index (χ1) is 9.95. The molecule has 0 rings (SSSR count). The van der Waals surface area contributed by atoms with Gasteiger partial charge in [0, 0.05) is 0 Å². The Hall–Kier alpha value is -1.57. The van der Waals surface area contributed by atoms with E-state index in [1.165, 1.54) is 0 Å². The number of esters is 2. The van der Waals surface area contributed by atoms with Gasteiger partial charge in [-0.1, -0.05) is 33.1 Å². The Morgan fingerprint density at radius 2 is 1.81 bits per heavy atom. The van der Waals surface area contributed by atoms with Crippen molar-refractivity contribution in [2.75, 3.05) is 13.2 Å². The van der Waals surface area contributed by atoms with Gasteiger partial charge < -0.3 is 9.47 Å². The molecule has 0 bridgehead atoms. The highest BCUT2D eigenvalue weighted by Gasteiger charge is 2.44. The molecule has 0 heterocycles. The van der Waals surface area contributed by atoms with Gasteiger partial charge in [-0.2, -0.15) is 5.26 Å². The van der Waals surface area contributed by atoms with Gasteiger partial charge in [0.1, 0.15) is 0 Å². The molecule has 0 aliphatic heterocycles. The van der Waals surface area contributed by atoms with Crippen molar-refractivity contribution in [3.05, 3.63) is 0 Å². The monoisotopic (exact) mass is 297 g/mol. The van der Waals surface area contributed by atoms with E-state index in [-0.39, 0.29) is 25.6 Å². The third-order valence-electron chi connectivity index (χ3n) is 3.38. The summed E-state index contributed by atoms with van der Waals surface area (Å²) in [5, 5.41) is 9.51. The molecule has 0 aromatic heterocycles. The minimum Gasteiger partial charge on any atom is -0.466 e. The largest absolute Gasteiger partial charge is 0.466 e. The van der Waals surface area contributed by atoms with Crippen LogP contribution in [0.25, 0.3) is 0 Å². The van der Waals surface area contributed by atoms with Crippen LogP contribution < -0.4 is 0 Å². The van der Waals surface area contributed by atoms with E-state index in [9.17, 15) is 14.9 Å². The zero-order valence-electron chi connectivity index (χ0n) is 13.6. The molecule has 1 unspecified atom stereocenters. The maximum absolute atomic E-state index is 12.2. The van der Waals surface area contributed by atoms with E-state index < -0.39 is 17.4 Å². The second-order valence-corrected chi connectivity index (χ2v) is 5.35. The van der Waals surface area contributed by atoms with Crippen LogP contribution in [-0.2, 0) is 19.1 Å². The van der Waals surface area contributed by atoms with Crippen LogP contribution in [0.2, 0.25) is 0 Å². The summed E-state index contributed by atoms with van der Waals surface area (Å²) in [6, 6.07) is 2.02. The summed E-state index contributed by atoms with van der Waals surface area (Å²) < 4.78 is 9.91. The van der Waals surface area contributed by atoms with Gasteiger partial charge in [-0.25, -0.2) is 0 Å². The van der Waals surface area contributed by atoms with Crippen LogP contribution >= 0.6 is 0 Å². The number of carbonyl (C=O) groups excluding carboxylic acids is 2. The number of unbranched alkanes of at least 4 members (excludes halogenated alkanes) is 1. The van der Waals surface area contributed by atoms with Crippen molar-refractivity contribution in [2.45, 2.75) is 59.8 Å². The molecule has 120 valence electrons. The standard InChI is InChI=1S/C16H27NO4/c1-5-8-9-13(4)10-16(12-17,15(19)21-7-3)11-14(18)20-6-2/h13H,5-11H2,1-4H3/t13-,16?/m1/s1. The fraction of sp³-hybridized carbons (Fsp3) is 0.812. The average molecular weight is 297 g/mol. The van der Waals surface area contributed by atoms with Crippen LogP contribution in [-0.4, -0.2) is 25.2 Å². The Bertz CT molecular complexity index is 375. The summed E-state index contributed by atoms with van der Waals surface area (Å²) in [6.45, 7) is 7.88. The van der Waals surface area contributed by atoms with Gasteiger partial charge in [0.2, 0.25) is 0 Å². The molecule has 0 aliphatic rings. The van der Waals surface area contributed by atoms with Gasteiger partial charge in [0.25, 0.3) is 0 Å². The van der Waals surface area contributed by atoms with Crippen LogP contribution in [0.5, 0.6) is 0 Å². The van der Waals surface area contributed by atoms with E-state index in [1.807, 2.05) is 13.0 Å². The quantitative estimate of drug-likeness (QED) is 0.579. The minimum absolute atomic E-state index is 0.170. The number of carbonyl (C=O) groups is 2. The highest BCUT2D eigenvalue weighted by molar-refractivity contribution is 5.86.